The smallest absolute Gasteiger partial charge is 0.407 e. The van der Waals surface area contributed by atoms with E-state index < -0.39 is 23.5 Å². The van der Waals surface area contributed by atoms with Crippen molar-refractivity contribution in [3.63, 3.8) is 0 Å². The van der Waals surface area contributed by atoms with E-state index in [1.54, 1.807) is 4.90 Å². The number of benzene rings is 1. The average Bonchev–Trinajstić information content (AvgIpc) is 2.68. The summed E-state index contributed by atoms with van der Waals surface area (Å²) in [7, 11) is 0. The minimum absolute atomic E-state index is 0.0254. The maximum atomic E-state index is 12.3. The number of ether oxygens (including phenoxy) is 1. The van der Waals surface area contributed by atoms with Gasteiger partial charge in [-0.3, -0.25) is 9.59 Å². The Labute approximate surface area is 182 Å². The molecular weight excluding hydrogens is 406 g/mol. The molecule has 1 aromatic rings. The fraction of sp³-hybridized carbons (Fsp3) is 0.591. The van der Waals surface area contributed by atoms with Gasteiger partial charge in [0.25, 0.3) is 0 Å². The standard InChI is InChI=1S/C22H30ClN3O4/c1-21(2,3)30-20(29)25-14-22(15-5-4-6-16(23)13-15)9-7-17(8-10-22)26-12-11-24-18(27)19(26)28/h4-6,13,17H,7-12,14H2,1-3H3,(H,24,27)(H,25,29). The van der Waals surface area contributed by atoms with Crippen molar-refractivity contribution in [1.82, 2.24) is 15.5 Å². The number of rotatable bonds is 4. The number of hydrogen-bond acceptors (Lipinski definition) is 4. The van der Waals surface area contributed by atoms with Crippen LogP contribution < -0.4 is 10.6 Å². The zero-order valence-corrected chi connectivity index (χ0v) is 18.6. The fourth-order valence-electron chi connectivity index (χ4n) is 4.35. The second-order valence-corrected chi connectivity index (χ2v) is 9.57. The molecule has 7 nitrogen and oxygen atoms in total. The minimum Gasteiger partial charge on any atom is -0.444 e. The van der Waals surface area contributed by atoms with Crippen molar-refractivity contribution in [1.29, 1.82) is 0 Å². The summed E-state index contributed by atoms with van der Waals surface area (Å²) < 4.78 is 5.40. The van der Waals surface area contributed by atoms with Gasteiger partial charge >= 0.3 is 17.9 Å². The highest BCUT2D eigenvalue weighted by atomic mass is 35.5. The Balaban J connectivity index is 1.74. The molecule has 8 heteroatoms. The van der Waals surface area contributed by atoms with Crippen molar-refractivity contribution in [2.24, 2.45) is 0 Å². The van der Waals surface area contributed by atoms with Crippen molar-refractivity contribution in [2.75, 3.05) is 19.6 Å². The van der Waals surface area contributed by atoms with E-state index in [9.17, 15) is 14.4 Å². The molecule has 0 atom stereocenters. The zero-order chi connectivity index (χ0) is 21.9. The highest BCUT2D eigenvalue weighted by Gasteiger charge is 2.41. The topological polar surface area (TPSA) is 87.7 Å². The third kappa shape index (κ3) is 5.25. The number of carbonyl (C=O) groups excluding carboxylic acids is 3. The van der Waals surface area contributed by atoms with Crippen LogP contribution in [0.4, 0.5) is 4.79 Å². The van der Waals surface area contributed by atoms with Crippen LogP contribution in [-0.4, -0.2) is 54.1 Å². The Morgan fingerprint density at radius 2 is 2.00 bits per heavy atom. The number of amides is 3. The first-order valence-corrected chi connectivity index (χ1v) is 10.8. The molecule has 1 aliphatic carbocycles. The lowest BCUT2D eigenvalue weighted by molar-refractivity contribution is -0.150. The zero-order valence-electron chi connectivity index (χ0n) is 17.8. The predicted octanol–water partition coefficient (Wildman–Crippen LogP) is 3.00. The molecule has 1 heterocycles. The predicted molar refractivity (Wildman–Crippen MR) is 114 cm³/mol. The summed E-state index contributed by atoms with van der Waals surface area (Å²) >= 11 is 6.25. The fourth-order valence-corrected chi connectivity index (χ4v) is 4.54. The van der Waals surface area contributed by atoms with Gasteiger partial charge in [-0.1, -0.05) is 23.7 Å². The Morgan fingerprint density at radius 1 is 1.30 bits per heavy atom. The SMILES string of the molecule is CC(C)(C)OC(=O)NCC1(c2cccc(Cl)c2)CCC(N2CCNC(=O)C2=O)CC1. The van der Waals surface area contributed by atoms with Gasteiger partial charge in [0.1, 0.15) is 5.60 Å². The first-order chi connectivity index (χ1) is 14.1. The second-order valence-electron chi connectivity index (χ2n) is 9.13. The van der Waals surface area contributed by atoms with Gasteiger partial charge in [-0.2, -0.15) is 0 Å². The van der Waals surface area contributed by atoms with Crippen LogP contribution in [0, 0.1) is 0 Å². The van der Waals surface area contributed by atoms with Crippen LogP contribution in [0.3, 0.4) is 0 Å². The normalized spacial score (nSPS) is 24.9. The lowest BCUT2D eigenvalue weighted by atomic mass is 9.67. The quantitative estimate of drug-likeness (QED) is 0.711. The molecule has 164 valence electrons. The number of hydrogen-bond donors (Lipinski definition) is 2. The Morgan fingerprint density at radius 3 is 2.63 bits per heavy atom. The summed E-state index contributed by atoms with van der Waals surface area (Å²) in [4.78, 5) is 38.0. The molecule has 3 rings (SSSR count). The lowest BCUT2D eigenvalue weighted by Gasteiger charge is -2.44. The van der Waals surface area contributed by atoms with Crippen molar-refractivity contribution in [3.8, 4) is 0 Å². The number of halogens is 1. The highest BCUT2D eigenvalue weighted by molar-refractivity contribution is 6.35. The molecule has 2 N–H and O–H groups in total. The van der Waals surface area contributed by atoms with Crippen molar-refractivity contribution in [3.05, 3.63) is 34.9 Å². The molecule has 0 spiro atoms. The molecule has 0 radical (unpaired) electrons. The lowest BCUT2D eigenvalue weighted by Crippen LogP contribution is -2.57. The minimum atomic E-state index is -0.569. The van der Waals surface area contributed by atoms with Crippen molar-refractivity contribution in [2.45, 2.75) is 63.5 Å². The van der Waals surface area contributed by atoms with Crippen LogP contribution in [-0.2, 0) is 19.7 Å². The molecule has 0 aromatic heterocycles. The van der Waals surface area contributed by atoms with Gasteiger partial charge < -0.3 is 20.3 Å². The number of nitrogens with one attached hydrogen (secondary N) is 2. The van der Waals surface area contributed by atoms with Gasteiger partial charge in [-0.15, -0.1) is 0 Å². The molecule has 2 fully saturated rings. The molecule has 1 aromatic carbocycles. The van der Waals surface area contributed by atoms with E-state index in [0.717, 1.165) is 31.2 Å². The van der Waals surface area contributed by atoms with Gasteiger partial charge in [-0.05, 0) is 64.2 Å². The van der Waals surface area contributed by atoms with Crippen LogP contribution >= 0.6 is 11.6 Å². The van der Waals surface area contributed by atoms with Gasteiger partial charge in [0.05, 0.1) is 0 Å². The van der Waals surface area contributed by atoms with E-state index in [1.807, 2.05) is 45.0 Å². The average molecular weight is 436 g/mol. The summed E-state index contributed by atoms with van der Waals surface area (Å²) in [6.45, 7) is 6.93. The van der Waals surface area contributed by atoms with Crippen LogP contribution in [0.25, 0.3) is 0 Å². The second kappa shape index (κ2) is 8.84. The monoisotopic (exact) mass is 435 g/mol. The Bertz CT molecular complexity index is 813. The first kappa shape index (κ1) is 22.4. The van der Waals surface area contributed by atoms with Gasteiger partial charge in [0, 0.05) is 36.1 Å². The summed E-state index contributed by atoms with van der Waals surface area (Å²) in [5.41, 5.74) is 0.187. The molecule has 2 aliphatic rings. The molecule has 0 unspecified atom stereocenters. The van der Waals surface area contributed by atoms with Crippen molar-refractivity contribution < 1.29 is 19.1 Å². The number of nitrogens with zero attached hydrogens (tertiary/aromatic N) is 1. The number of carbonyl (C=O) groups is 3. The maximum Gasteiger partial charge on any atom is 0.407 e. The molecular formula is C22H30ClN3O4. The van der Waals surface area contributed by atoms with E-state index >= 15 is 0 Å². The van der Waals surface area contributed by atoms with Gasteiger partial charge in [0.15, 0.2) is 0 Å². The van der Waals surface area contributed by atoms with Gasteiger partial charge in [0.2, 0.25) is 0 Å². The number of alkyl carbamates (subject to hydrolysis) is 1. The number of piperazine rings is 1. The van der Waals surface area contributed by atoms with Crippen LogP contribution in [0.5, 0.6) is 0 Å². The van der Waals surface area contributed by atoms with E-state index in [0.29, 0.717) is 24.7 Å². The van der Waals surface area contributed by atoms with E-state index in [4.69, 9.17) is 16.3 Å². The third-order valence-corrected chi connectivity index (χ3v) is 6.09. The van der Waals surface area contributed by atoms with E-state index in [1.165, 1.54) is 0 Å². The highest BCUT2D eigenvalue weighted by Crippen LogP contribution is 2.41. The Kier molecular flexibility index (Phi) is 6.60. The molecule has 1 aliphatic heterocycles. The van der Waals surface area contributed by atoms with Gasteiger partial charge in [-0.25, -0.2) is 4.79 Å². The van der Waals surface area contributed by atoms with Crippen LogP contribution in [0.1, 0.15) is 52.0 Å². The Hall–Kier alpha value is -2.28. The van der Waals surface area contributed by atoms with Crippen LogP contribution in [0.15, 0.2) is 24.3 Å². The third-order valence-electron chi connectivity index (χ3n) is 5.85. The summed E-state index contributed by atoms with van der Waals surface area (Å²) in [6.07, 6.45) is 2.58. The van der Waals surface area contributed by atoms with Crippen molar-refractivity contribution >= 4 is 29.5 Å². The van der Waals surface area contributed by atoms with E-state index in [-0.39, 0.29) is 11.5 Å². The maximum absolute atomic E-state index is 12.3. The summed E-state index contributed by atoms with van der Waals surface area (Å²) in [5, 5.41) is 6.17. The summed E-state index contributed by atoms with van der Waals surface area (Å²) in [6, 6.07) is 7.74. The molecule has 1 saturated carbocycles. The molecule has 3 amide bonds. The van der Waals surface area contributed by atoms with Crippen LogP contribution in [0.2, 0.25) is 5.02 Å². The molecule has 0 bridgehead atoms. The largest absolute Gasteiger partial charge is 0.444 e. The first-order valence-electron chi connectivity index (χ1n) is 10.4. The summed E-state index contributed by atoms with van der Waals surface area (Å²) in [5.74, 6) is -0.979. The van der Waals surface area contributed by atoms with E-state index in [2.05, 4.69) is 10.6 Å². The molecule has 1 saturated heterocycles. The molecule has 30 heavy (non-hydrogen) atoms.